The number of aromatic nitrogens is 2. The average Bonchev–Trinajstić information content (AvgIpc) is 3.55. The van der Waals surface area contributed by atoms with Crippen LogP contribution in [0, 0.1) is 19.8 Å². The number of carbonyl (C=O) groups is 1. The van der Waals surface area contributed by atoms with E-state index in [-0.39, 0.29) is 18.5 Å². The predicted molar refractivity (Wildman–Crippen MR) is 116 cm³/mol. The van der Waals surface area contributed by atoms with E-state index in [1.807, 2.05) is 32.0 Å². The maximum atomic E-state index is 12.8. The lowest BCUT2D eigenvalue weighted by atomic mass is 10.0. The van der Waals surface area contributed by atoms with Gasteiger partial charge in [-0.2, -0.15) is 0 Å². The minimum Gasteiger partial charge on any atom is -0.492 e. The first-order valence-corrected chi connectivity index (χ1v) is 10.7. The van der Waals surface area contributed by atoms with Crippen LogP contribution in [0.4, 0.5) is 10.1 Å². The highest BCUT2D eigenvalue weighted by Crippen LogP contribution is 2.36. The Labute approximate surface area is 177 Å². The van der Waals surface area contributed by atoms with E-state index in [1.165, 1.54) is 0 Å². The molecule has 30 heavy (non-hydrogen) atoms. The summed E-state index contributed by atoms with van der Waals surface area (Å²) in [5.74, 6) is 0.902. The Hall–Kier alpha value is -2.54. The first-order valence-electron chi connectivity index (χ1n) is 10.7. The average molecular weight is 415 g/mol. The SMILES string of the molecule is CCCN(CCF)CCOc1ccc(NC(=O)C2CC2)cc1-c1c(C)ncnc1C. The molecule has 1 aromatic carbocycles. The molecule has 0 radical (unpaired) electrons. The largest absolute Gasteiger partial charge is 0.492 e. The van der Waals surface area contributed by atoms with Crippen molar-refractivity contribution in [3.8, 4) is 16.9 Å². The van der Waals surface area contributed by atoms with Crippen LogP contribution >= 0.6 is 0 Å². The summed E-state index contributed by atoms with van der Waals surface area (Å²) in [5, 5.41) is 3.00. The number of alkyl halides is 1. The van der Waals surface area contributed by atoms with Crippen molar-refractivity contribution in [2.75, 3.05) is 38.2 Å². The monoisotopic (exact) mass is 414 g/mol. The normalized spacial score (nSPS) is 13.5. The summed E-state index contributed by atoms with van der Waals surface area (Å²) in [6, 6.07) is 5.67. The fourth-order valence-electron chi connectivity index (χ4n) is 3.56. The van der Waals surface area contributed by atoms with Crippen molar-refractivity contribution in [1.82, 2.24) is 14.9 Å². The predicted octanol–water partition coefficient (Wildman–Crippen LogP) is 4.17. The second-order valence-electron chi connectivity index (χ2n) is 7.77. The minimum atomic E-state index is -0.361. The Kier molecular flexibility index (Phi) is 7.74. The third kappa shape index (κ3) is 5.75. The number of nitrogens with zero attached hydrogens (tertiary/aromatic N) is 3. The number of carbonyl (C=O) groups excluding carboxylic acids is 1. The van der Waals surface area contributed by atoms with Crippen molar-refractivity contribution < 1.29 is 13.9 Å². The Morgan fingerprint density at radius 3 is 2.57 bits per heavy atom. The van der Waals surface area contributed by atoms with Crippen molar-refractivity contribution in [1.29, 1.82) is 0 Å². The second-order valence-corrected chi connectivity index (χ2v) is 7.77. The molecule has 1 amide bonds. The summed E-state index contributed by atoms with van der Waals surface area (Å²) < 4.78 is 18.9. The highest BCUT2D eigenvalue weighted by molar-refractivity contribution is 5.95. The Morgan fingerprint density at radius 2 is 1.93 bits per heavy atom. The number of nitrogens with one attached hydrogen (secondary N) is 1. The molecule has 1 aliphatic rings. The first-order chi connectivity index (χ1) is 14.5. The van der Waals surface area contributed by atoms with Gasteiger partial charge in [0.2, 0.25) is 5.91 Å². The van der Waals surface area contributed by atoms with Crippen LogP contribution in [-0.2, 0) is 4.79 Å². The first kappa shape index (κ1) is 22.2. The quantitative estimate of drug-likeness (QED) is 0.598. The van der Waals surface area contributed by atoms with Crippen LogP contribution in [-0.4, -0.2) is 53.7 Å². The zero-order valence-corrected chi connectivity index (χ0v) is 18.1. The van der Waals surface area contributed by atoms with E-state index in [4.69, 9.17) is 4.74 Å². The molecule has 0 aliphatic heterocycles. The third-order valence-electron chi connectivity index (χ3n) is 5.30. The van der Waals surface area contributed by atoms with Gasteiger partial charge >= 0.3 is 0 Å². The van der Waals surface area contributed by atoms with Crippen LogP contribution in [0.1, 0.15) is 37.6 Å². The minimum absolute atomic E-state index is 0.0637. The van der Waals surface area contributed by atoms with E-state index >= 15 is 0 Å². The van der Waals surface area contributed by atoms with Crippen LogP contribution < -0.4 is 10.1 Å². The van der Waals surface area contributed by atoms with Crippen molar-refractivity contribution >= 4 is 11.6 Å². The summed E-state index contributed by atoms with van der Waals surface area (Å²) >= 11 is 0. The van der Waals surface area contributed by atoms with Gasteiger partial charge in [0.05, 0.1) is 0 Å². The van der Waals surface area contributed by atoms with Gasteiger partial charge in [0.15, 0.2) is 0 Å². The second kappa shape index (κ2) is 10.5. The molecule has 0 atom stereocenters. The number of hydrogen-bond acceptors (Lipinski definition) is 5. The molecule has 6 nitrogen and oxygen atoms in total. The van der Waals surface area contributed by atoms with Gasteiger partial charge in [-0.25, -0.2) is 14.4 Å². The number of benzene rings is 1. The van der Waals surface area contributed by atoms with Crippen LogP contribution in [0.2, 0.25) is 0 Å². The molecule has 3 rings (SSSR count). The molecule has 1 N–H and O–H groups in total. The fraction of sp³-hybridized carbons (Fsp3) is 0.522. The van der Waals surface area contributed by atoms with Gasteiger partial charge in [-0.1, -0.05) is 6.92 Å². The molecule has 0 bridgehead atoms. The van der Waals surface area contributed by atoms with Crippen molar-refractivity contribution in [3.63, 3.8) is 0 Å². The zero-order valence-electron chi connectivity index (χ0n) is 18.1. The van der Waals surface area contributed by atoms with Gasteiger partial charge < -0.3 is 10.1 Å². The number of amides is 1. The molecule has 0 unspecified atom stereocenters. The van der Waals surface area contributed by atoms with Gasteiger partial charge in [0.25, 0.3) is 0 Å². The summed E-state index contributed by atoms with van der Waals surface area (Å²) in [4.78, 5) is 22.9. The summed E-state index contributed by atoms with van der Waals surface area (Å²) in [5.41, 5.74) is 4.20. The Bertz CT molecular complexity index is 844. The molecule has 0 spiro atoms. The van der Waals surface area contributed by atoms with Crippen molar-refractivity contribution in [3.05, 3.63) is 35.9 Å². The molecular weight excluding hydrogens is 383 g/mol. The highest BCUT2D eigenvalue weighted by Gasteiger charge is 2.29. The summed E-state index contributed by atoms with van der Waals surface area (Å²) in [6.07, 6.45) is 4.43. The molecule has 0 saturated heterocycles. The van der Waals surface area contributed by atoms with E-state index in [0.717, 1.165) is 54.0 Å². The number of rotatable bonds is 11. The molecule has 1 heterocycles. The highest BCUT2D eigenvalue weighted by atomic mass is 19.1. The van der Waals surface area contributed by atoms with Gasteiger partial charge in [-0.05, 0) is 57.9 Å². The molecule has 1 aromatic heterocycles. The van der Waals surface area contributed by atoms with Crippen LogP contribution in [0.5, 0.6) is 5.75 Å². The van der Waals surface area contributed by atoms with Gasteiger partial charge in [0, 0.05) is 47.2 Å². The third-order valence-corrected chi connectivity index (χ3v) is 5.30. The molecule has 7 heteroatoms. The summed E-state index contributed by atoms with van der Waals surface area (Å²) in [6.45, 7) is 7.96. The lowest BCUT2D eigenvalue weighted by molar-refractivity contribution is -0.117. The van der Waals surface area contributed by atoms with E-state index < -0.39 is 0 Å². The lowest BCUT2D eigenvalue weighted by Gasteiger charge is -2.21. The molecule has 1 aliphatic carbocycles. The molecule has 1 fully saturated rings. The standard InChI is InChI=1S/C23H31FN4O2/c1-4-10-28(11-9-24)12-13-30-21-8-7-19(27-23(29)18-5-6-18)14-20(21)22-16(2)25-15-26-17(22)3/h7-8,14-15,18H,4-6,9-13H2,1-3H3,(H,27,29). The van der Waals surface area contributed by atoms with E-state index in [9.17, 15) is 9.18 Å². The number of ether oxygens (including phenoxy) is 1. The smallest absolute Gasteiger partial charge is 0.227 e. The van der Waals surface area contributed by atoms with Crippen LogP contribution in [0.3, 0.4) is 0 Å². The van der Waals surface area contributed by atoms with Crippen molar-refractivity contribution in [2.24, 2.45) is 5.92 Å². The van der Waals surface area contributed by atoms with Gasteiger partial charge in [-0.3, -0.25) is 9.69 Å². The maximum absolute atomic E-state index is 12.8. The molecule has 1 saturated carbocycles. The fourth-order valence-corrected chi connectivity index (χ4v) is 3.56. The van der Waals surface area contributed by atoms with Gasteiger partial charge in [0.1, 0.15) is 25.4 Å². The number of hydrogen-bond donors (Lipinski definition) is 1. The van der Waals surface area contributed by atoms with Crippen LogP contribution in [0.15, 0.2) is 24.5 Å². The van der Waals surface area contributed by atoms with Crippen LogP contribution in [0.25, 0.3) is 11.1 Å². The van der Waals surface area contributed by atoms with E-state index in [0.29, 0.717) is 25.4 Å². The molecule has 2 aromatic rings. The summed E-state index contributed by atoms with van der Waals surface area (Å²) in [7, 11) is 0. The topological polar surface area (TPSA) is 67.3 Å². The molecular formula is C23H31FN4O2. The van der Waals surface area contributed by atoms with E-state index in [1.54, 1.807) is 6.33 Å². The zero-order chi connectivity index (χ0) is 21.5. The van der Waals surface area contributed by atoms with E-state index in [2.05, 4.69) is 27.1 Å². The number of anilines is 1. The number of aryl methyl sites for hydroxylation is 2. The Morgan fingerprint density at radius 1 is 1.20 bits per heavy atom. The molecule has 162 valence electrons. The lowest BCUT2D eigenvalue weighted by Crippen LogP contribution is -2.31. The van der Waals surface area contributed by atoms with Gasteiger partial charge in [-0.15, -0.1) is 0 Å². The Balaban J connectivity index is 1.83. The van der Waals surface area contributed by atoms with Crippen molar-refractivity contribution in [2.45, 2.75) is 40.0 Å². The number of halogens is 1. The maximum Gasteiger partial charge on any atom is 0.227 e.